The molecule has 2 amide bonds. The predicted molar refractivity (Wildman–Crippen MR) is 106 cm³/mol. The molecule has 1 heterocycles. The predicted octanol–water partition coefficient (Wildman–Crippen LogP) is 2.89. The first-order valence-electron chi connectivity index (χ1n) is 9.29. The molecule has 0 unspecified atom stereocenters. The second-order valence-corrected chi connectivity index (χ2v) is 7.03. The number of nitrogens with one attached hydrogen (secondary N) is 1. The third kappa shape index (κ3) is 4.74. The lowest BCUT2D eigenvalue weighted by Crippen LogP contribution is -2.32. The topological polar surface area (TPSA) is 58.6 Å². The maximum absolute atomic E-state index is 12.8. The molecular weight excluding hydrogens is 340 g/mol. The number of carbonyl (C=O) groups is 2. The van der Waals surface area contributed by atoms with E-state index < -0.39 is 0 Å². The fraction of sp³-hybridized carbons (Fsp3) is 0.364. The molecule has 1 saturated heterocycles. The van der Waals surface area contributed by atoms with Crippen LogP contribution in [0.5, 0.6) is 0 Å². The summed E-state index contributed by atoms with van der Waals surface area (Å²) < 4.78 is 5.04. The zero-order valence-corrected chi connectivity index (χ0v) is 15.9. The van der Waals surface area contributed by atoms with Gasteiger partial charge in [-0.05, 0) is 24.1 Å². The maximum Gasteiger partial charge on any atom is 0.251 e. The second-order valence-electron chi connectivity index (χ2n) is 7.03. The second kappa shape index (κ2) is 8.82. The summed E-state index contributed by atoms with van der Waals surface area (Å²) in [6.45, 7) is 4.35. The van der Waals surface area contributed by atoms with Crippen LogP contribution in [0.3, 0.4) is 0 Å². The molecule has 1 aliphatic rings. The Hall–Kier alpha value is -2.66. The normalized spacial score (nSPS) is 16.6. The molecule has 0 spiro atoms. The largest absolute Gasteiger partial charge is 0.383 e. The van der Waals surface area contributed by atoms with Crippen LogP contribution in [0.25, 0.3) is 11.1 Å². The SMILES string of the molecule is COCCN1C[C@H](CNC(=O)c2ccccc2-c2cccc(C)c2)CC1=O. The highest BCUT2D eigenvalue weighted by molar-refractivity contribution is 6.01. The Morgan fingerprint density at radius 1 is 1.22 bits per heavy atom. The van der Waals surface area contributed by atoms with Crippen molar-refractivity contribution in [2.75, 3.05) is 33.4 Å². The van der Waals surface area contributed by atoms with Gasteiger partial charge in [-0.1, -0.05) is 48.0 Å². The molecule has 0 aliphatic carbocycles. The van der Waals surface area contributed by atoms with E-state index in [4.69, 9.17) is 4.74 Å². The van der Waals surface area contributed by atoms with Crippen molar-refractivity contribution in [3.05, 3.63) is 59.7 Å². The van der Waals surface area contributed by atoms with Crippen molar-refractivity contribution in [2.24, 2.45) is 5.92 Å². The Morgan fingerprint density at radius 2 is 2.04 bits per heavy atom. The number of carbonyl (C=O) groups excluding carboxylic acids is 2. The minimum atomic E-state index is -0.102. The summed E-state index contributed by atoms with van der Waals surface area (Å²) in [5.74, 6) is 0.172. The molecule has 2 aromatic rings. The average Bonchev–Trinajstić information content (AvgIpc) is 3.04. The Bertz CT molecular complexity index is 819. The molecule has 1 fully saturated rings. The molecule has 5 nitrogen and oxygen atoms in total. The van der Waals surface area contributed by atoms with Crippen molar-refractivity contribution in [3.8, 4) is 11.1 Å². The summed E-state index contributed by atoms with van der Waals surface area (Å²) in [5, 5.41) is 3.01. The Kier molecular flexibility index (Phi) is 6.24. The van der Waals surface area contributed by atoms with Crippen molar-refractivity contribution < 1.29 is 14.3 Å². The van der Waals surface area contributed by atoms with Gasteiger partial charge in [0.2, 0.25) is 5.91 Å². The third-order valence-corrected chi connectivity index (χ3v) is 4.91. The molecule has 1 aliphatic heterocycles. The summed E-state index contributed by atoms with van der Waals surface area (Å²) in [5.41, 5.74) is 3.76. The number of benzene rings is 2. The van der Waals surface area contributed by atoms with E-state index in [-0.39, 0.29) is 17.7 Å². The zero-order valence-electron chi connectivity index (χ0n) is 15.9. The van der Waals surface area contributed by atoms with E-state index in [9.17, 15) is 9.59 Å². The number of aryl methyl sites for hydroxylation is 1. The van der Waals surface area contributed by atoms with E-state index >= 15 is 0 Å². The van der Waals surface area contributed by atoms with Gasteiger partial charge in [-0.3, -0.25) is 9.59 Å². The fourth-order valence-electron chi connectivity index (χ4n) is 3.49. The van der Waals surface area contributed by atoms with E-state index in [1.54, 1.807) is 12.0 Å². The first-order chi connectivity index (χ1) is 13.1. The molecule has 1 atom stereocenters. The monoisotopic (exact) mass is 366 g/mol. The number of nitrogens with zero attached hydrogens (tertiary/aromatic N) is 1. The quantitative estimate of drug-likeness (QED) is 0.820. The molecule has 27 heavy (non-hydrogen) atoms. The van der Waals surface area contributed by atoms with Crippen molar-refractivity contribution in [1.82, 2.24) is 10.2 Å². The summed E-state index contributed by atoms with van der Waals surface area (Å²) in [6.07, 6.45) is 0.476. The van der Waals surface area contributed by atoms with Crippen LogP contribution in [0.15, 0.2) is 48.5 Å². The Balaban J connectivity index is 1.65. The Labute approximate surface area is 160 Å². The lowest BCUT2D eigenvalue weighted by Gasteiger charge is -2.16. The standard InChI is InChI=1S/C22H26N2O3/c1-16-6-5-7-18(12-16)19-8-3-4-9-20(19)22(26)23-14-17-13-21(25)24(15-17)10-11-27-2/h3-9,12,17H,10-11,13-15H2,1-2H3,(H,23,26)/t17-/m0/s1. The van der Waals surface area contributed by atoms with Crippen molar-refractivity contribution in [2.45, 2.75) is 13.3 Å². The van der Waals surface area contributed by atoms with Gasteiger partial charge < -0.3 is 15.0 Å². The number of likely N-dealkylation sites (tertiary alicyclic amines) is 1. The summed E-state index contributed by atoms with van der Waals surface area (Å²) in [6, 6.07) is 15.8. The highest BCUT2D eigenvalue weighted by atomic mass is 16.5. The number of rotatable bonds is 7. The van der Waals surface area contributed by atoms with E-state index in [0.29, 0.717) is 38.2 Å². The molecule has 2 aromatic carbocycles. The van der Waals surface area contributed by atoms with Crippen molar-refractivity contribution in [1.29, 1.82) is 0 Å². The van der Waals surface area contributed by atoms with Gasteiger partial charge in [-0.2, -0.15) is 0 Å². The number of methoxy groups -OCH3 is 1. The fourth-order valence-corrected chi connectivity index (χ4v) is 3.49. The average molecular weight is 366 g/mol. The van der Waals surface area contributed by atoms with Gasteiger partial charge in [0, 0.05) is 44.6 Å². The first-order valence-corrected chi connectivity index (χ1v) is 9.29. The van der Waals surface area contributed by atoms with Crippen LogP contribution in [0, 0.1) is 12.8 Å². The van der Waals surface area contributed by atoms with Gasteiger partial charge in [-0.25, -0.2) is 0 Å². The van der Waals surface area contributed by atoms with Crippen LogP contribution in [0.1, 0.15) is 22.3 Å². The van der Waals surface area contributed by atoms with Gasteiger partial charge in [0.15, 0.2) is 0 Å². The Morgan fingerprint density at radius 3 is 2.81 bits per heavy atom. The van der Waals surface area contributed by atoms with Crippen LogP contribution >= 0.6 is 0 Å². The molecule has 5 heteroatoms. The van der Waals surface area contributed by atoms with E-state index in [1.165, 1.54) is 0 Å². The molecule has 0 radical (unpaired) electrons. The zero-order chi connectivity index (χ0) is 19.2. The molecule has 142 valence electrons. The molecule has 1 N–H and O–H groups in total. The van der Waals surface area contributed by atoms with Gasteiger partial charge in [0.05, 0.1) is 6.61 Å². The van der Waals surface area contributed by atoms with Crippen LogP contribution in [-0.4, -0.2) is 50.1 Å². The molecule has 0 aromatic heterocycles. The maximum atomic E-state index is 12.8. The lowest BCUT2D eigenvalue weighted by molar-refractivity contribution is -0.128. The highest BCUT2D eigenvalue weighted by Gasteiger charge is 2.29. The van der Waals surface area contributed by atoms with Gasteiger partial charge in [0.1, 0.15) is 0 Å². The smallest absolute Gasteiger partial charge is 0.251 e. The summed E-state index contributed by atoms with van der Waals surface area (Å²) in [4.78, 5) is 26.6. The van der Waals surface area contributed by atoms with Crippen LogP contribution < -0.4 is 5.32 Å². The number of hydrogen-bond donors (Lipinski definition) is 1. The first kappa shape index (κ1) is 19.1. The lowest BCUT2D eigenvalue weighted by atomic mass is 9.97. The van der Waals surface area contributed by atoms with Crippen LogP contribution in [-0.2, 0) is 9.53 Å². The molecule has 0 bridgehead atoms. The highest BCUT2D eigenvalue weighted by Crippen LogP contribution is 2.25. The van der Waals surface area contributed by atoms with Crippen molar-refractivity contribution >= 4 is 11.8 Å². The van der Waals surface area contributed by atoms with E-state index in [0.717, 1.165) is 16.7 Å². The minimum Gasteiger partial charge on any atom is -0.383 e. The van der Waals surface area contributed by atoms with E-state index in [2.05, 4.69) is 11.4 Å². The molecule has 0 saturated carbocycles. The summed E-state index contributed by atoms with van der Waals surface area (Å²) in [7, 11) is 1.63. The third-order valence-electron chi connectivity index (χ3n) is 4.91. The molecule has 3 rings (SSSR count). The number of ether oxygens (including phenoxy) is 1. The van der Waals surface area contributed by atoms with E-state index in [1.807, 2.05) is 49.4 Å². The van der Waals surface area contributed by atoms with Gasteiger partial charge in [-0.15, -0.1) is 0 Å². The number of hydrogen-bond acceptors (Lipinski definition) is 3. The number of amides is 2. The van der Waals surface area contributed by atoms with Gasteiger partial charge in [0.25, 0.3) is 5.91 Å². The minimum absolute atomic E-state index is 0.102. The van der Waals surface area contributed by atoms with Crippen LogP contribution in [0.2, 0.25) is 0 Å². The van der Waals surface area contributed by atoms with Crippen LogP contribution in [0.4, 0.5) is 0 Å². The summed E-state index contributed by atoms with van der Waals surface area (Å²) >= 11 is 0. The molecular formula is C22H26N2O3. The van der Waals surface area contributed by atoms with Crippen molar-refractivity contribution in [3.63, 3.8) is 0 Å². The van der Waals surface area contributed by atoms with Gasteiger partial charge >= 0.3 is 0 Å².